The molecule has 0 saturated carbocycles. The quantitative estimate of drug-likeness (QED) is 0.0862. The molecule has 2 atom stereocenters. The van der Waals surface area contributed by atoms with Gasteiger partial charge in [0.15, 0.2) is 28.2 Å². The first-order valence-corrected chi connectivity index (χ1v) is 33.9. The predicted octanol–water partition coefficient (Wildman–Crippen LogP) is 14.6. The molecular weight excluding hydrogens is 1280 g/mol. The van der Waals surface area contributed by atoms with Crippen LogP contribution in [0.15, 0.2) is 166 Å². The molecule has 504 valence electrons. The smallest absolute Gasteiger partial charge is 0.410 e. The molecule has 0 aliphatic carbocycles. The lowest BCUT2D eigenvalue weighted by atomic mass is 9.94. The number of carbonyl (C=O) groups is 2. The van der Waals surface area contributed by atoms with Crippen LogP contribution in [0.3, 0.4) is 0 Å². The Balaban J connectivity index is 0.000000103. The lowest BCUT2D eigenvalue weighted by Gasteiger charge is -2.24. The maximum absolute atomic E-state index is 12.3. The van der Waals surface area contributed by atoms with Crippen molar-refractivity contribution in [1.82, 2.24) is 95.2 Å². The number of nitrogens with one attached hydrogen (secondary N) is 7. The SMILES string of the molecule is C1=C(c2cc[nH]c3cnc4nccc4c23)CNC1.CC(C)(C)OC(=O)N1CC=C(c2cc[nH]c3cnc4nccc4c23)C1.CC(C)(C)OC(=O)N1CCC(c2cc[nH]c3cnc4nccc4c23)C1.Clc1cc[nH]c2cnc3nccc3c12.c1cc2c(n1)ncc1[nH]ccc(C3CCNC3)c12. The largest absolute Gasteiger partial charge is 0.444 e. The van der Waals surface area contributed by atoms with Crippen molar-refractivity contribution in [3.63, 3.8) is 0 Å². The van der Waals surface area contributed by atoms with Gasteiger partial charge in [-0.2, -0.15) is 0 Å². The molecule has 0 radical (unpaired) electrons. The minimum atomic E-state index is -0.493. The molecule has 2 saturated heterocycles. The number of aromatic nitrogens is 15. The fourth-order valence-electron chi connectivity index (χ4n) is 13.8. The summed E-state index contributed by atoms with van der Waals surface area (Å²) >= 11 is 6.12. The Hall–Kier alpha value is -11.3. The van der Waals surface area contributed by atoms with Gasteiger partial charge in [0.05, 0.1) is 63.6 Å². The molecule has 4 aliphatic heterocycles. The Morgan fingerprint density at radius 3 is 1.34 bits per heavy atom. The molecular formula is C76H74ClN19O4. The van der Waals surface area contributed by atoms with Crippen molar-refractivity contribution in [2.75, 3.05) is 52.4 Å². The van der Waals surface area contributed by atoms with Gasteiger partial charge in [-0.25, -0.2) is 59.4 Å². The third-order valence-electron chi connectivity index (χ3n) is 18.3. The Labute approximate surface area is 578 Å². The number of fused-ring (bicyclic) bond motifs is 15. The second kappa shape index (κ2) is 27.2. The van der Waals surface area contributed by atoms with E-state index in [9.17, 15) is 9.59 Å². The molecule has 0 bridgehead atoms. The van der Waals surface area contributed by atoms with Crippen LogP contribution in [-0.4, -0.2) is 160 Å². The highest BCUT2D eigenvalue weighted by molar-refractivity contribution is 6.37. The van der Waals surface area contributed by atoms with Crippen LogP contribution < -0.4 is 10.6 Å². The maximum Gasteiger partial charge on any atom is 0.410 e. The van der Waals surface area contributed by atoms with Gasteiger partial charge in [0.2, 0.25) is 0 Å². The van der Waals surface area contributed by atoms with E-state index in [0.717, 1.165) is 148 Å². The van der Waals surface area contributed by atoms with E-state index in [1.807, 2.05) is 134 Å². The van der Waals surface area contributed by atoms with E-state index >= 15 is 0 Å². The van der Waals surface area contributed by atoms with Crippen molar-refractivity contribution in [3.8, 4) is 0 Å². The second-order valence-corrected chi connectivity index (χ2v) is 27.6. The second-order valence-electron chi connectivity index (χ2n) is 27.2. The first-order valence-electron chi connectivity index (χ1n) is 33.5. The summed E-state index contributed by atoms with van der Waals surface area (Å²) in [5.74, 6) is 0.882. The molecule has 100 heavy (non-hydrogen) atoms. The molecule has 0 aromatic carbocycles. The van der Waals surface area contributed by atoms with Gasteiger partial charge in [-0.05, 0) is 161 Å². The van der Waals surface area contributed by atoms with E-state index in [-0.39, 0.29) is 18.1 Å². The summed E-state index contributed by atoms with van der Waals surface area (Å²) in [4.78, 5) is 87.4. The van der Waals surface area contributed by atoms with Gasteiger partial charge in [-0.3, -0.25) is 0 Å². The van der Waals surface area contributed by atoms with Crippen LogP contribution in [0.25, 0.3) is 121 Å². The van der Waals surface area contributed by atoms with Gasteiger partial charge < -0.3 is 54.8 Å². The summed E-state index contributed by atoms with van der Waals surface area (Å²) in [6, 6.07) is 20.3. The number of ether oxygens (including phenoxy) is 2. The van der Waals surface area contributed by atoms with Gasteiger partial charge in [0.25, 0.3) is 0 Å². The van der Waals surface area contributed by atoms with E-state index in [2.05, 4.69) is 122 Å². The minimum absolute atomic E-state index is 0.233. The Morgan fingerprint density at radius 2 is 0.880 bits per heavy atom. The lowest BCUT2D eigenvalue weighted by molar-refractivity contribution is 0.0287. The van der Waals surface area contributed by atoms with Crippen molar-refractivity contribution in [2.45, 2.75) is 77.4 Å². The van der Waals surface area contributed by atoms with Gasteiger partial charge in [-0.15, -0.1) is 0 Å². The zero-order valence-corrected chi connectivity index (χ0v) is 56.9. The normalized spacial score (nSPS) is 16.2. The Bertz CT molecular complexity index is 5610. The van der Waals surface area contributed by atoms with E-state index in [1.54, 1.807) is 47.0 Å². The maximum atomic E-state index is 12.3. The molecule has 15 aromatic rings. The lowest BCUT2D eigenvalue weighted by Crippen LogP contribution is -2.35. The van der Waals surface area contributed by atoms with Crippen molar-refractivity contribution < 1.29 is 19.1 Å². The third kappa shape index (κ3) is 13.2. The van der Waals surface area contributed by atoms with Crippen LogP contribution in [0, 0.1) is 0 Å². The highest BCUT2D eigenvalue weighted by Gasteiger charge is 2.33. The fourth-order valence-corrected chi connectivity index (χ4v) is 14.1. The summed E-state index contributed by atoms with van der Waals surface area (Å²) in [7, 11) is 0. The standard InChI is InChI=1S/C19H22N4O2.C19H20N4O2.C14H14N4.C14H12N4.C10H6ClN3/c2*1-19(2,3)25-18(24)23-9-6-12(11-23)13-4-7-20-15-10-22-17-14(16(13)15)5-8-21-17;2*1-4-15-7-9(1)10-2-5-16-12-8-18-14-11(13(10)12)3-6-17-14;11-7-2-4-12-8-5-14-10-6(9(7)8)1-3-13-10/h4-5,7-8,10,12,20H,6,9,11H2,1-3H3;4-8,10,20H,9,11H2,1-3H3;2-3,5-6,8-9,15-16H,1,4,7H2;1-3,5-6,8,15-16H,4,7H2;1-5,12H. The highest BCUT2D eigenvalue weighted by Crippen LogP contribution is 2.38. The van der Waals surface area contributed by atoms with Crippen molar-refractivity contribution in [3.05, 3.63) is 193 Å². The first kappa shape index (κ1) is 64.7. The number of amides is 2. The molecule has 2 fully saturated rings. The number of nitrogens with zero attached hydrogens (tertiary/aromatic N) is 12. The Kier molecular flexibility index (Phi) is 17.6. The minimum Gasteiger partial charge on any atom is -0.444 e. The molecule has 2 amide bonds. The van der Waals surface area contributed by atoms with Crippen LogP contribution in [0.5, 0.6) is 0 Å². The molecule has 19 rings (SSSR count). The zero-order valence-electron chi connectivity index (χ0n) is 56.2. The molecule has 4 aliphatic rings. The molecule has 0 spiro atoms. The number of likely N-dealkylation sites (tertiary alicyclic amines) is 1. The first-order chi connectivity index (χ1) is 48.6. The highest BCUT2D eigenvalue weighted by atomic mass is 35.5. The van der Waals surface area contributed by atoms with Crippen LogP contribution in [0.1, 0.15) is 88.5 Å². The van der Waals surface area contributed by atoms with E-state index in [4.69, 9.17) is 21.1 Å². The number of hydrogen-bond donors (Lipinski definition) is 7. The summed E-state index contributed by atoms with van der Waals surface area (Å²) in [5.41, 5.74) is 15.4. The molecule has 15 aromatic heterocycles. The number of aromatic amines is 5. The van der Waals surface area contributed by atoms with Gasteiger partial charge in [-0.1, -0.05) is 23.8 Å². The third-order valence-corrected chi connectivity index (χ3v) is 18.6. The summed E-state index contributed by atoms with van der Waals surface area (Å²) < 4.78 is 11.0. The summed E-state index contributed by atoms with van der Waals surface area (Å²) in [6.45, 7) is 17.8. The van der Waals surface area contributed by atoms with E-state index < -0.39 is 11.2 Å². The van der Waals surface area contributed by atoms with Crippen LogP contribution in [0.4, 0.5) is 9.59 Å². The molecule has 23 nitrogen and oxygen atoms in total. The summed E-state index contributed by atoms with van der Waals surface area (Å²) in [6.07, 6.45) is 33.6. The average molecular weight is 1350 g/mol. The number of rotatable bonds is 4. The van der Waals surface area contributed by atoms with Crippen molar-refractivity contribution in [1.29, 1.82) is 0 Å². The van der Waals surface area contributed by atoms with Gasteiger partial charge >= 0.3 is 12.2 Å². The van der Waals surface area contributed by atoms with Crippen LogP contribution in [0.2, 0.25) is 5.02 Å². The van der Waals surface area contributed by atoms with Gasteiger partial charge in [0.1, 0.15) is 11.2 Å². The predicted molar refractivity (Wildman–Crippen MR) is 394 cm³/mol. The topological polar surface area (TPSA) is 291 Å². The number of halogens is 1. The number of H-pyrrole nitrogens is 5. The van der Waals surface area contributed by atoms with Crippen LogP contribution >= 0.6 is 11.6 Å². The average Bonchev–Trinajstić information content (AvgIpc) is 1.63. The number of carbonyl (C=O) groups excluding carboxylic acids is 2. The monoisotopic (exact) mass is 1350 g/mol. The van der Waals surface area contributed by atoms with E-state index in [1.165, 1.54) is 39.5 Å². The number of pyridine rings is 10. The number of hydrogen-bond acceptors (Lipinski definition) is 16. The van der Waals surface area contributed by atoms with E-state index in [0.29, 0.717) is 32.1 Å². The fraction of sp³-hybridized carbons (Fsp3) is 0.263. The van der Waals surface area contributed by atoms with Crippen molar-refractivity contribution >= 4 is 145 Å². The molecule has 24 heteroatoms. The molecule has 7 N–H and O–H groups in total. The van der Waals surface area contributed by atoms with Crippen molar-refractivity contribution in [2.24, 2.45) is 0 Å². The van der Waals surface area contributed by atoms with Gasteiger partial charge in [0, 0.05) is 168 Å². The zero-order chi connectivity index (χ0) is 68.7. The molecule has 2 unspecified atom stereocenters. The Morgan fingerprint density at radius 1 is 0.460 bits per heavy atom. The summed E-state index contributed by atoms with van der Waals surface area (Å²) in [5, 5.41) is 18.6. The molecule has 19 heterocycles. The van der Waals surface area contributed by atoms with Crippen LogP contribution in [-0.2, 0) is 9.47 Å².